The molecule has 2 amide bonds. The van der Waals surface area contributed by atoms with Crippen LogP contribution in [-0.4, -0.2) is 29.3 Å². The lowest BCUT2D eigenvalue weighted by molar-refractivity contribution is -0.137. The molecule has 1 aromatic carbocycles. The van der Waals surface area contributed by atoms with Crippen LogP contribution in [0.25, 0.3) is 0 Å². The van der Waals surface area contributed by atoms with Crippen molar-refractivity contribution >= 4 is 11.8 Å². The molecule has 1 aliphatic carbocycles. The Morgan fingerprint density at radius 2 is 1.95 bits per heavy atom. The predicted molar refractivity (Wildman–Crippen MR) is 85.3 cm³/mol. The molecule has 3 rings (SSSR count). The fourth-order valence-electron chi connectivity index (χ4n) is 3.95. The van der Waals surface area contributed by atoms with Crippen molar-refractivity contribution in [2.24, 2.45) is 5.73 Å². The van der Waals surface area contributed by atoms with Gasteiger partial charge >= 0.3 is 0 Å². The van der Waals surface area contributed by atoms with Crippen molar-refractivity contribution in [1.82, 2.24) is 4.90 Å². The van der Waals surface area contributed by atoms with E-state index in [1.807, 2.05) is 17.0 Å². The number of likely N-dealkylation sites (tertiary alicyclic amines) is 1. The molecule has 2 atom stereocenters. The average molecular weight is 300 g/mol. The van der Waals surface area contributed by atoms with Crippen LogP contribution in [0, 0.1) is 0 Å². The quantitative estimate of drug-likeness (QED) is 0.931. The van der Waals surface area contributed by atoms with E-state index in [1.165, 1.54) is 11.1 Å². The Morgan fingerprint density at radius 1 is 1.14 bits per heavy atom. The largest absolute Gasteiger partial charge is 0.370 e. The molecule has 1 fully saturated rings. The number of primary amides is 1. The molecule has 0 saturated carbocycles. The van der Waals surface area contributed by atoms with Crippen molar-refractivity contribution < 1.29 is 9.59 Å². The van der Waals surface area contributed by atoms with E-state index < -0.39 is 0 Å². The Bertz CT molecular complexity index is 570. The maximum absolute atomic E-state index is 13.1. The summed E-state index contributed by atoms with van der Waals surface area (Å²) in [6.45, 7) is 0.759. The monoisotopic (exact) mass is 300 g/mol. The maximum Gasteiger partial charge on any atom is 0.230 e. The first kappa shape index (κ1) is 15.1. The van der Waals surface area contributed by atoms with E-state index in [-0.39, 0.29) is 23.8 Å². The first-order chi connectivity index (χ1) is 10.7. The first-order valence-corrected chi connectivity index (χ1v) is 8.33. The van der Waals surface area contributed by atoms with Crippen LogP contribution in [0.4, 0.5) is 0 Å². The number of hydrogen-bond acceptors (Lipinski definition) is 2. The summed E-state index contributed by atoms with van der Waals surface area (Å²) in [6.07, 6.45) is 6.31. The lowest BCUT2D eigenvalue weighted by Crippen LogP contribution is -2.47. The Kier molecular flexibility index (Phi) is 4.46. The second kappa shape index (κ2) is 6.51. The number of nitrogens with two attached hydrogens (primary N) is 1. The minimum absolute atomic E-state index is 0.00663. The van der Waals surface area contributed by atoms with Gasteiger partial charge in [0.15, 0.2) is 0 Å². The predicted octanol–water partition coefficient (Wildman–Crippen LogP) is 2.36. The number of aryl methyl sites for hydroxylation is 1. The Hall–Kier alpha value is -1.84. The molecule has 4 heteroatoms. The summed E-state index contributed by atoms with van der Waals surface area (Å²) in [6, 6.07) is 8.27. The van der Waals surface area contributed by atoms with E-state index in [0.29, 0.717) is 6.42 Å². The smallest absolute Gasteiger partial charge is 0.230 e. The third kappa shape index (κ3) is 3.01. The number of amides is 2. The molecular weight excluding hydrogens is 276 g/mol. The molecular formula is C18H24N2O2. The molecule has 1 heterocycles. The lowest BCUT2D eigenvalue weighted by Gasteiger charge is -2.38. The zero-order valence-corrected chi connectivity index (χ0v) is 13.0. The average Bonchev–Trinajstić information content (AvgIpc) is 2.54. The molecule has 22 heavy (non-hydrogen) atoms. The number of fused-ring (bicyclic) bond motifs is 1. The molecule has 0 spiro atoms. The van der Waals surface area contributed by atoms with Gasteiger partial charge in [-0.25, -0.2) is 0 Å². The molecule has 0 aromatic heterocycles. The van der Waals surface area contributed by atoms with Gasteiger partial charge in [0.05, 0.1) is 5.92 Å². The summed E-state index contributed by atoms with van der Waals surface area (Å²) < 4.78 is 0. The zero-order chi connectivity index (χ0) is 15.5. The van der Waals surface area contributed by atoms with Crippen LogP contribution in [0.1, 0.15) is 55.6 Å². The molecule has 4 nitrogen and oxygen atoms in total. The maximum atomic E-state index is 13.1. The molecule has 118 valence electrons. The summed E-state index contributed by atoms with van der Waals surface area (Å²) in [7, 11) is 0. The standard InChI is InChI=1S/C18H24N2O2/c19-17(21)12-14-8-3-4-11-20(14)18(22)16-10-5-7-13-6-1-2-9-15(13)16/h1-2,6,9,14,16H,3-5,7-8,10-12H2,(H2,19,21). The fraction of sp³-hybridized carbons (Fsp3) is 0.556. The SMILES string of the molecule is NC(=O)CC1CCCCN1C(=O)C1CCCc2ccccc21. The Balaban J connectivity index is 1.82. The van der Waals surface area contributed by atoms with Gasteiger partial charge in [-0.3, -0.25) is 9.59 Å². The van der Waals surface area contributed by atoms with E-state index in [4.69, 9.17) is 5.73 Å². The van der Waals surface area contributed by atoms with Crippen LogP contribution >= 0.6 is 0 Å². The van der Waals surface area contributed by atoms with Gasteiger partial charge in [-0.05, 0) is 49.7 Å². The topological polar surface area (TPSA) is 63.4 Å². The Morgan fingerprint density at radius 3 is 2.77 bits per heavy atom. The molecule has 1 aromatic rings. The van der Waals surface area contributed by atoms with Gasteiger partial charge in [-0.2, -0.15) is 0 Å². The van der Waals surface area contributed by atoms with Gasteiger partial charge in [0, 0.05) is 19.0 Å². The second-order valence-corrected chi connectivity index (χ2v) is 6.50. The van der Waals surface area contributed by atoms with Crippen LogP contribution in [0.3, 0.4) is 0 Å². The third-order valence-electron chi connectivity index (χ3n) is 5.01. The first-order valence-electron chi connectivity index (χ1n) is 8.33. The van der Waals surface area contributed by atoms with Gasteiger partial charge < -0.3 is 10.6 Å². The van der Waals surface area contributed by atoms with Crippen LogP contribution in [0.15, 0.2) is 24.3 Å². The molecule has 1 saturated heterocycles. The van der Waals surface area contributed by atoms with E-state index in [2.05, 4.69) is 12.1 Å². The number of hydrogen-bond donors (Lipinski definition) is 1. The van der Waals surface area contributed by atoms with Crippen molar-refractivity contribution in [2.75, 3.05) is 6.54 Å². The van der Waals surface area contributed by atoms with E-state index in [0.717, 1.165) is 45.1 Å². The van der Waals surface area contributed by atoms with Gasteiger partial charge in [0.2, 0.25) is 11.8 Å². The van der Waals surface area contributed by atoms with Gasteiger partial charge in [0.1, 0.15) is 0 Å². The molecule has 1 aliphatic heterocycles. The summed E-state index contributed by atoms with van der Waals surface area (Å²) in [5.41, 5.74) is 7.85. The number of carbonyl (C=O) groups is 2. The van der Waals surface area contributed by atoms with Crippen molar-refractivity contribution in [1.29, 1.82) is 0 Å². The van der Waals surface area contributed by atoms with Crippen LogP contribution in [-0.2, 0) is 16.0 Å². The minimum Gasteiger partial charge on any atom is -0.370 e. The zero-order valence-electron chi connectivity index (χ0n) is 13.0. The summed E-state index contributed by atoms with van der Waals surface area (Å²) >= 11 is 0. The highest BCUT2D eigenvalue weighted by atomic mass is 16.2. The van der Waals surface area contributed by atoms with Crippen molar-refractivity contribution in [3.05, 3.63) is 35.4 Å². The molecule has 2 aliphatic rings. The number of rotatable bonds is 3. The second-order valence-electron chi connectivity index (χ2n) is 6.50. The highest BCUT2D eigenvalue weighted by Crippen LogP contribution is 2.34. The summed E-state index contributed by atoms with van der Waals surface area (Å²) in [5, 5.41) is 0. The van der Waals surface area contributed by atoms with Crippen molar-refractivity contribution in [3.63, 3.8) is 0 Å². The summed E-state index contributed by atoms with van der Waals surface area (Å²) in [5.74, 6) is -0.162. The molecule has 2 unspecified atom stereocenters. The van der Waals surface area contributed by atoms with Gasteiger partial charge in [0.25, 0.3) is 0 Å². The van der Waals surface area contributed by atoms with Crippen LogP contribution in [0.2, 0.25) is 0 Å². The summed E-state index contributed by atoms with van der Waals surface area (Å²) in [4.78, 5) is 26.3. The molecule has 2 N–H and O–H groups in total. The number of carbonyl (C=O) groups excluding carboxylic acids is 2. The van der Waals surface area contributed by atoms with Crippen LogP contribution in [0.5, 0.6) is 0 Å². The van der Waals surface area contributed by atoms with Gasteiger partial charge in [-0.1, -0.05) is 24.3 Å². The molecule has 0 radical (unpaired) electrons. The van der Waals surface area contributed by atoms with E-state index in [1.54, 1.807) is 0 Å². The van der Waals surface area contributed by atoms with Crippen LogP contribution < -0.4 is 5.73 Å². The third-order valence-corrected chi connectivity index (χ3v) is 5.01. The highest BCUT2D eigenvalue weighted by molar-refractivity contribution is 5.85. The van der Waals surface area contributed by atoms with E-state index >= 15 is 0 Å². The van der Waals surface area contributed by atoms with Gasteiger partial charge in [-0.15, -0.1) is 0 Å². The number of piperidine rings is 1. The fourth-order valence-corrected chi connectivity index (χ4v) is 3.95. The number of benzene rings is 1. The Labute approximate surface area is 131 Å². The van der Waals surface area contributed by atoms with Crippen molar-refractivity contribution in [3.8, 4) is 0 Å². The van der Waals surface area contributed by atoms with E-state index in [9.17, 15) is 9.59 Å². The minimum atomic E-state index is -0.311. The lowest BCUT2D eigenvalue weighted by atomic mass is 9.81. The number of nitrogens with zero attached hydrogens (tertiary/aromatic N) is 1. The van der Waals surface area contributed by atoms with Crippen molar-refractivity contribution in [2.45, 2.75) is 56.9 Å². The normalized spacial score (nSPS) is 24.6. The highest BCUT2D eigenvalue weighted by Gasteiger charge is 2.34. The molecule has 0 bridgehead atoms.